The number of sulfonamides is 1. The third-order valence-corrected chi connectivity index (χ3v) is 9.21. The molecule has 1 fully saturated rings. The van der Waals surface area contributed by atoms with E-state index in [1.807, 2.05) is 30.3 Å². The molecule has 2 amide bonds. The van der Waals surface area contributed by atoms with E-state index in [9.17, 15) is 22.4 Å². The van der Waals surface area contributed by atoms with Gasteiger partial charge in [0.1, 0.15) is 17.6 Å². The highest BCUT2D eigenvalue weighted by Crippen LogP contribution is 2.25. The van der Waals surface area contributed by atoms with E-state index in [1.54, 1.807) is 42.5 Å². The number of rotatable bonds is 14. The van der Waals surface area contributed by atoms with E-state index in [1.165, 1.54) is 22.4 Å². The maximum absolute atomic E-state index is 14.9. The standard InChI is InChI=1S/C34H42FN3O5S/c1-43-30-19-11-18-29(24-30)38(44(2,41)42)22-12-21-33(39)37(25-27-15-9-10-20-31(27)35)32(23-26-13-5-3-6-14-26)34(40)36-28-16-7-4-8-17-28/h3,5-6,9-11,13-15,18-20,24,28,32H,4,7-8,12,16-17,21-23,25H2,1-2H3,(H,36,40)/t32-/m0/s1. The molecule has 1 aliphatic carbocycles. The van der Waals surface area contributed by atoms with Crippen molar-refractivity contribution in [3.8, 4) is 5.75 Å². The van der Waals surface area contributed by atoms with Gasteiger partial charge in [-0.25, -0.2) is 12.8 Å². The van der Waals surface area contributed by atoms with Crippen molar-refractivity contribution < 1.29 is 27.1 Å². The molecule has 1 saturated carbocycles. The Morgan fingerprint density at radius 3 is 2.36 bits per heavy atom. The fourth-order valence-electron chi connectivity index (χ4n) is 5.68. The number of nitrogens with zero attached hydrogens (tertiary/aromatic N) is 2. The maximum Gasteiger partial charge on any atom is 0.243 e. The molecule has 8 nitrogen and oxygen atoms in total. The van der Waals surface area contributed by atoms with Crippen LogP contribution in [-0.2, 0) is 32.6 Å². The number of halogens is 1. The summed E-state index contributed by atoms with van der Waals surface area (Å²) < 4.78 is 46.8. The minimum Gasteiger partial charge on any atom is -0.497 e. The van der Waals surface area contributed by atoms with Crippen molar-refractivity contribution in [2.45, 2.75) is 70.0 Å². The first-order valence-electron chi connectivity index (χ1n) is 15.1. The second kappa shape index (κ2) is 15.7. The van der Waals surface area contributed by atoms with Crippen LogP contribution in [-0.4, -0.2) is 57.1 Å². The molecule has 0 saturated heterocycles. The number of hydrogen-bond donors (Lipinski definition) is 1. The van der Waals surface area contributed by atoms with Crippen LogP contribution in [0.4, 0.5) is 10.1 Å². The zero-order chi connectivity index (χ0) is 31.5. The molecule has 44 heavy (non-hydrogen) atoms. The van der Waals surface area contributed by atoms with Gasteiger partial charge in [0.15, 0.2) is 0 Å². The van der Waals surface area contributed by atoms with Crippen LogP contribution >= 0.6 is 0 Å². The van der Waals surface area contributed by atoms with Gasteiger partial charge in [0.25, 0.3) is 0 Å². The lowest BCUT2D eigenvalue weighted by atomic mass is 9.94. The molecule has 1 N–H and O–H groups in total. The van der Waals surface area contributed by atoms with Crippen molar-refractivity contribution in [2.75, 3.05) is 24.2 Å². The summed E-state index contributed by atoms with van der Waals surface area (Å²) in [6.45, 7) is -0.0460. The first kappa shape index (κ1) is 33.0. The van der Waals surface area contributed by atoms with Crippen LogP contribution in [0, 0.1) is 5.82 Å². The number of benzene rings is 3. The molecular weight excluding hydrogens is 581 g/mol. The van der Waals surface area contributed by atoms with Crippen LogP contribution < -0.4 is 14.4 Å². The van der Waals surface area contributed by atoms with Crippen molar-refractivity contribution in [1.29, 1.82) is 0 Å². The third kappa shape index (κ3) is 9.29. The van der Waals surface area contributed by atoms with Crippen LogP contribution in [0.3, 0.4) is 0 Å². The molecule has 3 aromatic carbocycles. The second-order valence-electron chi connectivity index (χ2n) is 11.3. The van der Waals surface area contributed by atoms with E-state index in [-0.39, 0.29) is 50.2 Å². The molecule has 3 aromatic rings. The first-order chi connectivity index (χ1) is 21.2. The van der Waals surface area contributed by atoms with E-state index in [2.05, 4.69) is 5.32 Å². The van der Waals surface area contributed by atoms with Crippen LogP contribution in [0.5, 0.6) is 5.75 Å². The average molecular weight is 624 g/mol. The van der Waals surface area contributed by atoms with E-state index >= 15 is 0 Å². The molecule has 236 valence electrons. The first-order valence-corrected chi connectivity index (χ1v) is 17.0. The van der Waals surface area contributed by atoms with E-state index in [0.717, 1.165) is 43.9 Å². The van der Waals surface area contributed by atoms with Crippen molar-refractivity contribution in [1.82, 2.24) is 10.2 Å². The quantitative estimate of drug-likeness (QED) is 0.257. The van der Waals surface area contributed by atoms with Crippen LogP contribution in [0.25, 0.3) is 0 Å². The summed E-state index contributed by atoms with van der Waals surface area (Å²) in [6.07, 6.45) is 6.52. The Labute approximate surface area is 260 Å². The van der Waals surface area contributed by atoms with Gasteiger partial charge >= 0.3 is 0 Å². The fraction of sp³-hybridized carbons (Fsp3) is 0.412. The smallest absolute Gasteiger partial charge is 0.243 e. The third-order valence-electron chi connectivity index (χ3n) is 8.01. The van der Waals surface area contributed by atoms with Crippen LogP contribution in [0.2, 0.25) is 0 Å². The van der Waals surface area contributed by atoms with E-state index < -0.39 is 21.9 Å². The summed E-state index contributed by atoms with van der Waals surface area (Å²) in [6, 6.07) is 21.6. The van der Waals surface area contributed by atoms with Gasteiger partial charge in [0.05, 0.1) is 19.1 Å². The van der Waals surface area contributed by atoms with Gasteiger partial charge in [-0.15, -0.1) is 0 Å². The molecular formula is C34H42FN3O5S. The Kier molecular flexibility index (Phi) is 11.8. The minimum atomic E-state index is -3.66. The van der Waals surface area contributed by atoms with Crippen LogP contribution in [0.1, 0.15) is 56.1 Å². The monoisotopic (exact) mass is 623 g/mol. The van der Waals surface area contributed by atoms with Crippen molar-refractivity contribution >= 4 is 27.5 Å². The van der Waals surface area contributed by atoms with Gasteiger partial charge < -0.3 is 15.0 Å². The number of ether oxygens (including phenoxy) is 1. The zero-order valence-electron chi connectivity index (χ0n) is 25.5. The highest BCUT2D eigenvalue weighted by molar-refractivity contribution is 7.92. The minimum absolute atomic E-state index is 0.0334. The van der Waals surface area contributed by atoms with Crippen molar-refractivity contribution in [3.63, 3.8) is 0 Å². The number of anilines is 1. The Morgan fingerprint density at radius 1 is 0.977 bits per heavy atom. The molecule has 0 bridgehead atoms. The topological polar surface area (TPSA) is 96.0 Å². The Hall–Kier alpha value is -3.92. The molecule has 10 heteroatoms. The summed E-state index contributed by atoms with van der Waals surface area (Å²) in [4.78, 5) is 29.3. The number of amides is 2. The zero-order valence-corrected chi connectivity index (χ0v) is 26.3. The highest BCUT2D eigenvalue weighted by Gasteiger charge is 2.32. The van der Waals surface area contributed by atoms with E-state index in [0.29, 0.717) is 17.0 Å². The van der Waals surface area contributed by atoms with Crippen LogP contribution in [0.15, 0.2) is 78.9 Å². The average Bonchev–Trinajstić information content (AvgIpc) is 3.02. The van der Waals surface area contributed by atoms with Gasteiger partial charge in [-0.05, 0) is 43.0 Å². The second-order valence-corrected chi connectivity index (χ2v) is 13.2. The molecule has 0 heterocycles. The van der Waals surface area contributed by atoms with Gasteiger partial charge in [0.2, 0.25) is 21.8 Å². The predicted octanol–water partition coefficient (Wildman–Crippen LogP) is 5.47. The summed E-state index contributed by atoms with van der Waals surface area (Å²) in [5, 5.41) is 3.18. The number of carbonyl (C=O) groups is 2. The molecule has 1 atom stereocenters. The Balaban J connectivity index is 1.59. The maximum atomic E-state index is 14.9. The normalized spacial score (nSPS) is 14.4. The lowest BCUT2D eigenvalue weighted by Gasteiger charge is -2.34. The summed E-state index contributed by atoms with van der Waals surface area (Å²) >= 11 is 0. The summed E-state index contributed by atoms with van der Waals surface area (Å²) in [5.41, 5.74) is 1.61. The molecule has 0 aliphatic heterocycles. The largest absolute Gasteiger partial charge is 0.497 e. The summed E-state index contributed by atoms with van der Waals surface area (Å²) in [7, 11) is -2.16. The fourth-order valence-corrected chi connectivity index (χ4v) is 6.64. The molecule has 1 aliphatic rings. The number of nitrogens with one attached hydrogen (secondary N) is 1. The van der Waals surface area contributed by atoms with Crippen molar-refractivity contribution in [2.24, 2.45) is 0 Å². The van der Waals surface area contributed by atoms with E-state index in [4.69, 9.17) is 4.74 Å². The van der Waals surface area contributed by atoms with Gasteiger partial charge in [-0.1, -0.05) is 73.9 Å². The van der Waals surface area contributed by atoms with Gasteiger partial charge in [-0.3, -0.25) is 13.9 Å². The Bertz CT molecular complexity index is 1500. The van der Waals surface area contributed by atoms with Crippen molar-refractivity contribution in [3.05, 3.63) is 95.8 Å². The Morgan fingerprint density at radius 2 is 1.68 bits per heavy atom. The molecule has 0 spiro atoms. The predicted molar refractivity (Wildman–Crippen MR) is 170 cm³/mol. The molecule has 0 unspecified atom stereocenters. The highest BCUT2D eigenvalue weighted by atomic mass is 32.2. The number of hydrogen-bond acceptors (Lipinski definition) is 5. The molecule has 0 aromatic heterocycles. The molecule has 0 radical (unpaired) electrons. The number of methoxy groups -OCH3 is 1. The summed E-state index contributed by atoms with van der Waals surface area (Å²) in [5.74, 6) is -0.569. The lowest BCUT2D eigenvalue weighted by molar-refractivity contribution is -0.141. The SMILES string of the molecule is COc1cccc(N(CCCC(=O)N(Cc2ccccc2F)[C@@H](Cc2ccccc2)C(=O)NC2CCCCC2)S(C)(=O)=O)c1. The number of carbonyl (C=O) groups excluding carboxylic acids is 2. The molecule has 4 rings (SSSR count). The lowest BCUT2D eigenvalue weighted by Crippen LogP contribution is -2.53. The van der Waals surface area contributed by atoms with Gasteiger partial charge in [-0.2, -0.15) is 0 Å². The van der Waals surface area contributed by atoms with Gasteiger partial charge in [0, 0.05) is 43.6 Å².